The van der Waals surface area contributed by atoms with Crippen molar-refractivity contribution in [3.05, 3.63) is 11.5 Å². The quantitative estimate of drug-likeness (QED) is 0.830. The summed E-state index contributed by atoms with van der Waals surface area (Å²) >= 11 is 1.75. The lowest BCUT2D eigenvalue weighted by Gasteiger charge is -2.23. The van der Waals surface area contributed by atoms with E-state index in [4.69, 9.17) is 10.5 Å². The molecule has 1 aromatic rings. The molecule has 0 aromatic carbocycles. The van der Waals surface area contributed by atoms with Gasteiger partial charge in [-0.1, -0.05) is 0 Å². The number of thioether (sulfide) groups is 1. The van der Waals surface area contributed by atoms with Gasteiger partial charge in [0.25, 0.3) is 0 Å². The minimum absolute atomic E-state index is 0.0332. The molecule has 0 amide bonds. The summed E-state index contributed by atoms with van der Waals surface area (Å²) in [6, 6.07) is 0. The Morgan fingerprint density at radius 3 is 2.67 bits per heavy atom. The average molecular weight is 271 g/mol. The molecule has 0 radical (unpaired) electrons. The van der Waals surface area contributed by atoms with Gasteiger partial charge in [-0.15, -0.1) is 0 Å². The van der Waals surface area contributed by atoms with Crippen LogP contribution in [0.3, 0.4) is 0 Å². The van der Waals surface area contributed by atoms with Gasteiger partial charge in [-0.05, 0) is 34.0 Å². The van der Waals surface area contributed by atoms with Gasteiger partial charge >= 0.3 is 5.97 Å². The zero-order chi connectivity index (χ0) is 13.9. The van der Waals surface area contributed by atoms with Crippen molar-refractivity contribution in [3.8, 4) is 0 Å². The van der Waals surface area contributed by atoms with Crippen molar-refractivity contribution in [1.82, 2.24) is 9.55 Å². The number of nitrogens with two attached hydrogens (primary N) is 1. The lowest BCUT2D eigenvalue weighted by atomic mass is 10.2. The van der Waals surface area contributed by atoms with Crippen LogP contribution in [0.5, 0.6) is 0 Å². The summed E-state index contributed by atoms with van der Waals surface area (Å²) in [6.45, 7) is 8.88. The lowest BCUT2D eigenvalue weighted by Crippen LogP contribution is -2.24. The summed E-state index contributed by atoms with van der Waals surface area (Å²) in [6.07, 6.45) is 2.05. The second-order valence-corrected chi connectivity index (χ2v) is 6.18. The summed E-state index contributed by atoms with van der Waals surface area (Å²) in [5, 5.41) is 0. The highest BCUT2D eigenvalue weighted by atomic mass is 32.2. The van der Waals surface area contributed by atoms with E-state index < -0.39 is 5.97 Å². The topological polar surface area (TPSA) is 70.1 Å². The maximum atomic E-state index is 11.7. The first-order valence-corrected chi connectivity index (χ1v) is 7.09. The number of nitrogens with zero attached hydrogens (tertiary/aromatic N) is 2. The van der Waals surface area contributed by atoms with Crippen LogP contribution in [0.2, 0.25) is 0 Å². The van der Waals surface area contributed by atoms with Gasteiger partial charge < -0.3 is 15.0 Å². The Kier molecular flexibility index (Phi) is 4.67. The molecule has 0 spiro atoms. The zero-order valence-electron chi connectivity index (χ0n) is 11.6. The van der Waals surface area contributed by atoms with Crippen molar-refractivity contribution in [2.75, 3.05) is 18.6 Å². The fraction of sp³-hybridized carbons (Fsp3) is 0.667. The Balaban J connectivity index is 3.05. The highest BCUT2D eigenvalue weighted by Gasteiger charge is 2.24. The van der Waals surface area contributed by atoms with Crippen molar-refractivity contribution in [2.45, 2.75) is 39.0 Å². The average Bonchev–Trinajstić information content (AvgIpc) is 2.57. The van der Waals surface area contributed by atoms with Gasteiger partial charge in [0.2, 0.25) is 0 Å². The van der Waals surface area contributed by atoms with Gasteiger partial charge in [0.1, 0.15) is 11.6 Å². The summed E-state index contributed by atoms with van der Waals surface area (Å²) in [5.74, 6) is 0.657. The molecule has 0 aliphatic heterocycles. The van der Waals surface area contributed by atoms with E-state index in [2.05, 4.69) is 25.1 Å². The second kappa shape index (κ2) is 5.65. The highest BCUT2D eigenvalue weighted by molar-refractivity contribution is 7.99. The van der Waals surface area contributed by atoms with Crippen molar-refractivity contribution in [1.29, 1.82) is 0 Å². The van der Waals surface area contributed by atoms with Crippen LogP contribution in [0.25, 0.3) is 0 Å². The maximum absolute atomic E-state index is 11.7. The number of carbonyl (C=O) groups excluding carboxylic acids is 1. The molecule has 0 saturated carbocycles. The van der Waals surface area contributed by atoms with Gasteiger partial charge in [-0.3, -0.25) is 0 Å². The summed E-state index contributed by atoms with van der Waals surface area (Å²) in [7, 11) is 0. The molecule has 102 valence electrons. The maximum Gasteiger partial charge on any atom is 0.360 e. The van der Waals surface area contributed by atoms with Crippen LogP contribution in [0.1, 0.15) is 37.1 Å². The number of rotatable bonds is 5. The number of esters is 1. The number of hydrogen-bond donors (Lipinski definition) is 1. The molecule has 1 aromatic heterocycles. The molecule has 1 rings (SSSR count). The third kappa shape index (κ3) is 3.19. The smallest absolute Gasteiger partial charge is 0.360 e. The van der Waals surface area contributed by atoms with Crippen LogP contribution < -0.4 is 5.73 Å². The number of carbonyl (C=O) groups is 1. The van der Waals surface area contributed by atoms with Gasteiger partial charge in [0.15, 0.2) is 5.69 Å². The normalized spacial score (nSPS) is 11.6. The minimum Gasteiger partial charge on any atom is -0.461 e. The van der Waals surface area contributed by atoms with Gasteiger partial charge in [0.05, 0.1) is 6.61 Å². The number of anilines is 1. The summed E-state index contributed by atoms with van der Waals surface area (Å²) < 4.78 is 6.83. The van der Waals surface area contributed by atoms with E-state index in [1.54, 1.807) is 18.7 Å². The molecule has 18 heavy (non-hydrogen) atoms. The van der Waals surface area contributed by atoms with Crippen LogP contribution in [-0.4, -0.2) is 33.1 Å². The van der Waals surface area contributed by atoms with E-state index in [1.807, 2.05) is 11.5 Å². The van der Waals surface area contributed by atoms with Crippen molar-refractivity contribution in [2.24, 2.45) is 0 Å². The number of aryl methyl sites for hydroxylation is 1. The van der Waals surface area contributed by atoms with E-state index in [9.17, 15) is 4.79 Å². The predicted molar refractivity (Wildman–Crippen MR) is 74.9 cm³/mol. The van der Waals surface area contributed by atoms with E-state index in [0.717, 1.165) is 5.82 Å². The first-order chi connectivity index (χ1) is 8.32. The SMILES string of the molecule is CCOC(=O)c1nc(C)n(CC(C)(C)SC)c1N. The molecule has 0 saturated heterocycles. The molecular weight excluding hydrogens is 250 g/mol. The Hall–Kier alpha value is -1.17. The summed E-state index contributed by atoms with van der Waals surface area (Å²) in [4.78, 5) is 15.9. The molecule has 1 heterocycles. The van der Waals surface area contributed by atoms with Crippen LogP contribution >= 0.6 is 11.8 Å². The molecule has 0 fully saturated rings. The van der Waals surface area contributed by atoms with Crippen LogP contribution in [0.4, 0.5) is 5.82 Å². The number of hydrogen-bond acceptors (Lipinski definition) is 5. The molecular formula is C12H21N3O2S. The van der Waals surface area contributed by atoms with Gasteiger partial charge in [-0.2, -0.15) is 11.8 Å². The fourth-order valence-electron chi connectivity index (χ4n) is 1.58. The van der Waals surface area contributed by atoms with E-state index in [0.29, 0.717) is 19.0 Å². The standard InChI is InChI=1S/C12H21N3O2S/c1-6-17-11(16)9-10(13)15(8(2)14-9)7-12(3,4)18-5/h6-7,13H2,1-5H3. The van der Waals surface area contributed by atoms with E-state index >= 15 is 0 Å². The van der Waals surface area contributed by atoms with Gasteiger partial charge in [0, 0.05) is 11.3 Å². The van der Waals surface area contributed by atoms with Gasteiger partial charge in [-0.25, -0.2) is 9.78 Å². The van der Waals surface area contributed by atoms with E-state index in [1.165, 1.54) is 0 Å². The molecule has 0 aliphatic rings. The molecule has 2 N–H and O–H groups in total. The number of aromatic nitrogens is 2. The lowest BCUT2D eigenvalue weighted by molar-refractivity contribution is 0.0521. The molecule has 6 heteroatoms. The number of imidazole rings is 1. The highest BCUT2D eigenvalue weighted by Crippen LogP contribution is 2.26. The fourth-order valence-corrected chi connectivity index (χ4v) is 1.83. The molecule has 5 nitrogen and oxygen atoms in total. The van der Waals surface area contributed by atoms with Crippen molar-refractivity contribution >= 4 is 23.5 Å². The molecule has 0 unspecified atom stereocenters. The Morgan fingerprint density at radius 2 is 2.17 bits per heavy atom. The van der Waals surface area contributed by atoms with E-state index in [-0.39, 0.29) is 10.4 Å². The van der Waals surface area contributed by atoms with Crippen LogP contribution in [0, 0.1) is 6.92 Å². The number of nitrogen functional groups attached to an aromatic ring is 1. The second-order valence-electron chi connectivity index (χ2n) is 4.66. The number of ether oxygens (including phenoxy) is 1. The minimum atomic E-state index is -0.459. The Bertz CT molecular complexity index is 441. The predicted octanol–water partition coefficient (Wildman–Crippen LogP) is 2.09. The van der Waals surface area contributed by atoms with Crippen LogP contribution in [0.15, 0.2) is 0 Å². The van der Waals surface area contributed by atoms with Crippen molar-refractivity contribution in [3.63, 3.8) is 0 Å². The third-order valence-corrected chi connectivity index (χ3v) is 3.99. The monoisotopic (exact) mass is 271 g/mol. The third-order valence-electron chi connectivity index (χ3n) is 2.76. The zero-order valence-corrected chi connectivity index (χ0v) is 12.4. The Labute approximate surface area is 112 Å². The Morgan fingerprint density at radius 1 is 1.56 bits per heavy atom. The largest absolute Gasteiger partial charge is 0.461 e. The molecule has 0 bridgehead atoms. The van der Waals surface area contributed by atoms with Crippen molar-refractivity contribution < 1.29 is 9.53 Å². The summed E-state index contributed by atoms with van der Waals surface area (Å²) in [5.41, 5.74) is 6.20. The van der Waals surface area contributed by atoms with Crippen LogP contribution in [-0.2, 0) is 11.3 Å². The first kappa shape index (κ1) is 14.9. The molecule has 0 aliphatic carbocycles. The first-order valence-electron chi connectivity index (χ1n) is 5.87. The molecule has 0 atom stereocenters.